The molecule has 1 aromatic carbocycles. The van der Waals surface area contributed by atoms with Crippen LogP contribution in [0, 0.1) is 0 Å². The Balaban J connectivity index is 1.78. The summed E-state index contributed by atoms with van der Waals surface area (Å²) >= 11 is 0. The number of hydrogen-bond acceptors (Lipinski definition) is 4. The van der Waals surface area contributed by atoms with Gasteiger partial charge in [0.05, 0.1) is 7.11 Å². The summed E-state index contributed by atoms with van der Waals surface area (Å²) in [4.78, 5) is 4.99. The standard InChI is InChI=1S/C17H29N3O/c1-17(2,20-11-9-19(3)10-12-20)14-18-13-15-5-7-16(21-4)8-6-15/h5-8,18H,9-14H2,1-4H3. The second kappa shape index (κ2) is 7.25. The zero-order valence-corrected chi connectivity index (χ0v) is 13.9. The zero-order chi connectivity index (χ0) is 15.3. The molecule has 4 nitrogen and oxygen atoms in total. The van der Waals surface area contributed by atoms with Crippen LogP contribution in [-0.2, 0) is 6.54 Å². The van der Waals surface area contributed by atoms with Crippen LogP contribution in [0.5, 0.6) is 5.75 Å². The molecule has 1 heterocycles. The normalized spacial score (nSPS) is 17.9. The smallest absolute Gasteiger partial charge is 0.118 e. The summed E-state index contributed by atoms with van der Waals surface area (Å²) in [5, 5.41) is 3.59. The van der Waals surface area contributed by atoms with Gasteiger partial charge in [-0.05, 0) is 38.6 Å². The Hall–Kier alpha value is -1.10. The average molecular weight is 291 g/mol. The van der Waals surface area contributed by atoms with Crippen LogP contribution in [0.3, 0.4) is 0 Å². The lowest BCUT2D eigenvalue weighted by Crippen LogP contribution is -2.57. The summed E-state index contributed by atoms with van der Waals surface area (Å²) in [6, 6.07) is 8.27. The van der Waals surface area contributed by atoms with E-state index in [0.717, 1.165) is 31.9 Å². The van der Waals surface area contributed by atoms with E-state index in [2.05, 4.69) is 48.1 Å². The summed E-state index contributed by atoms with van der Waals surface area (Å²) < 4.78 is 5.18. The van der Waals surface area contributed by atoms with Crippen LogP contribution in [0.2, 0.25) is 0 Å². The Morgan fingerprint density at radius 1 is 1.10 bits per heavy atom. The highest BCUT2D eigenvalue weighted by Crippen LogP contribution is 2.16. The molecular weight excluding hydrogens is 262 g/mol. The summed E-state index contributed by atoms with van der Waals surface area (Å²) in [6.07, 6.45) is 0. The van der Waals surface area contributed by atoms with Crippen molar-refractivity contribution in [3.8, 4) is 5.75 Å². The molecule has 1 aliphatic heterocycles. The maximum atomic E-state index is 5.18. The molecule has 1 saturated heterocycles. The second-order valence-electron chi connectivity index (χ2n) is 6.55. The molecule has 0 aromatic heterocycles. The molecule has 0 bridgehead atoms. The van der Waals surface area contributed by atoms with Gasteiger partial charge < -0.3 is 15.0 Å². The van der Waals surface area contributed by atoms with Crippen LogP contribution >= 0.6 is 0 Å². The van der Waals surface area contributed by atoms with Gasteiger partial charge in [0.2, 0.25) is 0 Å². The summed E-state index contributed by atoms with van der Waals surface area (Å²) in [5.74, 6) is 0.913. The quantitative estimate of drug-likeness (QED) is 0.865. The topological polar surface area (TPSA) is 27.7 Å². The monoisotopic (exact) mass is 291 g/mol. The van der Waals surface area contributed by atoms with Gasteiger partial charge in [-0.25, -0.2) is 0 Å². The van der Waals surface area contributed by atoms with Crippen molar-refractivity contribution in [2.24, 2.45) is 0 Å². The highest BCUT2D eigenvalue weighted by atomic mass is 16.5. The maximum Gasteiger partial charge on any atom is 0.118 e. The van der Waals surface area contributed by atoms with E-state index in [0.29, 0.717) is 0 Å². The lowest BCUT2D eigenvalue weighted by atomic mass is 10.0. The second-order valence-corrected chi connectivity index (χ2v) is 6.55. The van der Waals surface area contributed by atoms with Crippen LogP contribution in [0.4, 0.5) is 0 Å². The Labute approximate surface area is 129 Å². The summed E-state index contributed by atoms with van der Waals surface area (Å²) in [7, 11) is 3.90. The van der Waals surface area contributed by atoms with Crippen LogP contribution in [0.15, 0.2) is 24.3 Å². The molecule has 0 atom stereocenters. The van der Waals surface area contributed by atoms with Crippen molar-refractivity contribution in [2.75, 3.05) is 46.9 Å². The molecule has 0 spiro atoms. The molecule has 0 amide bonds. The van der Waals surface area contributed by atoms with E-state index in [1.54, 1.807) is 7.11 Å². The number of likely N-dealkylation sites (N-methyl/N-ethyl adjacent to an activating group) is 1. The van der Waals surface area contributed by atoms with Crippen LogP contribution in [0.1, 0.15) is 19.4 Å². The van der Waals surface area contributed by atoms with Crippen molar-refractivity contribution in [1.82, 2.24) is 15.1 Å². The molecular formula is C17H29N3O. The van der Waals surface area contributed by atoms with Gasteiger partial charge in [0.1, 0.15) is 5.75 Å². The van der Waals surface area contributed by atoms with Crippen molar-refractivity contribution in [3.63, 3.8) is 0 Å². The van der Waals surface area contributed by atoms with Crippen molar-refractivity contribution in [1.29, 1.82) is 0 Å². The fourth-order valence-corrected chi connectivity index (χ4v) is 2.78. The number of methoxy groups -OCH3 is 1. The van der Waals surface area contributed by atoms with E-state index < -0.39 is 0 Å². The number of ether oxygens (including phenoxy) is 1. The predicted molar refractivity (Wildman–Crippen MR) is 87.8 cm³/mol. The molecule has 1 aromatic rings. The van der Waals surface area contributed by atoms with Crippen molar-refractivity contribution in [3.05, 3.63) is 29.8 Å². The van der Waals surface area contributed by atoms with Gasteiger partial charge in [-0.3, -0.25) is 4.90 Å². The third kappa shape index (κ3) is 4.70. The number of rotatable bonds is 6. The molecule has 0 aliphatic carbocycles. The van der Waals surface area contributed by atoms with Gasteiger partial charge in [0.15, 0.2) is 0 Å². The Morgan fingerprint density at radius 2 is 1.71 bits per heavy atom. The van der Waals surface area contributed by atoms with Crippen LogP contribution < -0.4 is 10.1 Å². The first kappa shape index (κ1) is 16.3. The van der Waals surface area contributed by atoms with Crippen molar-refractivity contribution < 1.29 is 4.74 Å². The number of hydrogen-bond donors (Lipinski definition) is 1. The van der Waals surface area contributed by atoms with E-state index in [9.17, 15) is 0 Å². The van der Waals surface area contributed by atoms with E-state index in [-0.39, 0.29) is 5.54 Å². The summed E-state index contributed by atoms with van der Waals surface area (Å²) in [6.45, 7) is 11.2. The fraction of sp³-hybridized carbons (Fsp3) is 0.647. The lowest BCUT2D eigenvalue weighted by molar-refractivity contribution is 0.0618. The molecule has 0 saturated carbocycles. The first-order chi connectivity index (χ1) is 10.0. The summed E-state index contributed by atoms with van der Waals surface area (Å²) in [5.41, 5.74) is 1.50. The van der Waals surface area contributed by atoms with Crippen molar-refractivity contribution >= 4 is 0 Å². The molecule has 1 N–H and O–H groups in total. The van der Waals surface area contributed by atoms with Gasteiger partial charge >= 0.3 is 0 Å². The van der Waals surface area contributed by atoms with Gasteiger partial charge in [-0.15, -0.1) is 0 Å². The minimum Gasteiger partial charge on any atom is -0.497 e. The molecule has 21 heavy (non-hydrogen) atoms. The number of nitrogens with zero attached hydrogens (tertiary/aromatic N) is 2. The minimum absolute atomic E-state index is 0.202. The van der Waals surface area contributed by atoms with Gasteiger partial charge in [-0.2, -0.15) is 0 Å². The van der Waals surface area contributed by atoms with Crippen LogP contribution in [-0.4, -0.2) is 62.2 Å². The van der Waals surface area contributed by atoms with Crippen LogP contribution in [0.25, 0.3) is 0 Å². The number of piperazine rings is 1. The first-order valence-corrected chi connectivity index (χ1v) is 7.78. The van der Waals surface area contributed by atoms with Gasteiger partial charge in [-0.1, -0.05) is 12.1 Å². The zero-order valence-electron chi connectivity index (χ0n) is 13.9. The minimum atomic E-state index is 0.202. The van der Waals surface area contributed by atoms with Gasteiger partial charge in [0.25, 0.3) is 0 Å². The highest BCUT2D eigenvalue weighted by Gasteiger charge is 2.28. The molecule has 4 heteroatoms. The Bertz CT molecular complexity index is 422. The highest BCUT2D eigenvalue weighted by molar-refractivity contribution is 5.27. The Kier molecular flexibility index (Phi) is 5.62. The maximum absolute atomic E-state index is 5.18. The fourth-order valence-electron chi connectivity index (χ4n) is 2.78. The van der Waals surface area contributed by atoms with E-state index in [1.165, 1.54) is 18.7 Å². The van der Waals surface area contributed by atoms with E-state index in [4.69, 9.17) is 4.74 Å². The Morgan fingerprint density at radius 3 is 2.29 bits per heavy atom. The van der Waals surface area contributed by atoms with Crippen molar-refractivity contribution in [2.45, 2.75) is 25.9 Å². The van der Waals surface area contributed by atoms with Gasteiger partial charge in [0, 0.05) is 44.8 Å². The van der Waals surface area contributed by atoms with E-state index >= 15 is 0 Å². The molecule has 0 radical (unpaired) electrons. The average Bonchev–Trinajstić information content (AvgIpc) is 2.48. The van der Waals surface area contributed by atoms with E-state index in [1.807, 2.05) is 12.1 Å². The largest absolute Gasteiger partial charge is 0.497 e. The first-order valence-electron chi connectivity index (χ1n) is 7.78. The number of benzene rings is 1. The number of nitrogens with one attached hydrogen (secondary N) is 1. The molecule has 118 valence electrons. The lowest BCUT2D eigenvalue weighted by Gasteiger charge is -2.43. The molecule has 0 unspecified atom stereocenters. The molecule has 1 fully saturated rings. The molecule has 1 aliphatic rings. The third-order valence-electron chi connectivity index (χ3n) is 4.41. The molecule has 2 rings (SSSR count). The third-order valence-corrected chi connectivity index (χ3v) is 4.41. The SMILES string of the molecule is COc1ccc(CNCC(C)(C)N2CCN(C)CC2)cc1. The predicted octanol–water partition coefficient (Wildman–Crippen LogP) is 1.81.